The third-order valence-electron chi connectivity index (χ3n) is 4.64. The van der Waals surface area contributed by atoms with E-state index in [-0.39, 0.29) is 11.6 Å². The second kappa shape index (κ2) is 7.75. The predicted octanol–water partition coefficient (Wildman–Crippen LogP) is 4.06. The van der Waals surface area contributed by atoms with Gasteiger partial charge in [-0.1, -0.05) is 26.2 Å². The van der Waals surface area contributed by atoms with Crippen molar-refractivity contribution in [3.8, 4) is 0 Å². The Labute approximate surface area is 136 Å². The molecule has 1 aliphatic rings. The largest absolute Gasteiger partial charge is 0.376 e. The molecule has 2 rings (SSSR count). The van der Waals surface area contributed by atoms with Crippen molar-refractivity contribution in [3.63, 3.8) is 0 Å². The molecule has 120 valence electrons. The lowest BCUT2D eigenvalue weighted by molar-refractivity contribution is -0.0707. The Morgan fingerprint density at radius 3 is 2.67 bits per heavy atom. The highest BCUT2D eigenvalue weighted by atomic mass is 79.9. The van der Waals surface area contributed by atoms with Crippen molar-refractivity contribution in [3.05, 3.63) is 16.4 Å². The van der Waals surface area contributed by atoms with Crippen LogP contribution in [0.15, 0.2) is 10.7 Å². The van der Waals surface area contributed by atoms with Crippen LogP contribution < -0.4 is 5.32 Å². The van der Waals surface area contributed by atoms with Gasteiger partial charge in [-0.05, 0) is 48.7 Å². The molecule has 0 bridgehead atoms. The molecule has 5 heteroatoms. The van der Waals surface area contributed by atoms with Gasteiger partial charge < -0.3 is 10.1 Å². The first-order valence-electron chi connectivity index (χ1n) is 8.18. The highest BCUT2D eigenvalue weighted by Gasteiger charge is 2.42. The van der Waals surface area contributed by atoms with Crippen molar-refractivity contribution < 1.29 is 4.74 Å². The van der Waals surface area contributed by atoms with Gasteiger partial charge in [0.25, 0.3) is 0 Å². The summed E-state index contributed by atoms with van der Waals surface area (Å²) in [5, 5.41) is 8.23. The molecule has 0 spiro atoms. The van der Waals surface area contributed by atoms with Gasteiger partial charge in [-0.2, -0.15) is 5.10 Å². The molecular formula is C16H28BrN3O. The summed E-state index contributed by atoms with van der Waals surface area (Å²) >= 11 is 3.69. The molecule has 1 aliphatic carbocycles. The Balaban J connectivity index is 2.38. The van der Waals surface area contributed by atoms with E-state index in [4.69, 9.17) is 4.74 Å². The zero-order valence-electron chi connectivity index (χ0n) is 13.5. The van der Waals surface area contributed by atoms with Gasteiger partial charge in [-0.25, -0.2) is 0 Å². The maximum atomic E-state index is 6.09. The van der Waals surface area contributed by atoms with E-state index >= 15 is 0 Å². The molecule has 1 aromatic heterocycles. The summed E-state index contributed by atoms with van der Waals surface area (Å²) in [4.78, 5) is 0. The summed E-state index contributed by atoms with van der Waals surface area (Å²) in [6, 6.07) is 0.194. The summed E-state index contributed by atoms with van der Waals surface area (Å²) in [6.07, 6.45) is 9.07. The predicted molar refractivity (Wildman–Crippen MR) is 89.5 cm³/mol. The minimum Gasteiger partial charge on any atom is -0.376 e. The third kappa shape index (κ3) is 3.51. The SMILES string of the molecule is CCCNC(c1c(Br)cnn1CC)C1(OC)CCCCC1. The number of aromatic nitrogens is 2. The van der Waals surface area contributed by atoms with Gasteiger partial charge in [0.15, 0.2) is 0 Å². The maximum Gasteiger partial charge on any atom is 0.0888 e. The van der Waals surface area contributed by atoms with Crippen LogP contribution in [0.2, 0.25) is 0 Å². The molecule has 0 amide bonds. The summed E-state index contributed by atoms with van der Waals surface area (Å²) in [5.74, 6) is 0. The van der Waals surface area contributed by atoms with Crippen LogP contribution in [-0.2, 0) is 11.3 Å². The van der Waals surface area contributed by atoms with E-state index in [0.29, 0.717) is 0 Å². The summed E-state index contributed by atoms with van der Waals surface area (Å²) < 4.78 is 9.27. The fourth-order valence-electron chi connectivity index (χ4n) is 3.49. The zero-order chi connectivity index (χ0) is 15.3. The molecule has 1 aromatic rings. The smallest absolute Gasteiger partial charge is 0.0888 e. The molecule has 0 radical (unpaired) electrons. The van der Waals surface area contributed by atoms with Crippen molar-refractivity contribution in [1.29, 1.82) is 0 Å². The van der Waals surface area contributed by atoms with E-state index in [0.717, 1.165) is 36.8 Å². The number of rotatable bonds is 7. The molecule has 21 heavy (non-hydrogen) atoms. The number of nitrogens with zero attached hydrogens (tertiary/aromatic N) is 2. The molecule has 1 atom stereocenters. The molecule has 0 aliphatic heterocycles. The van der Waals surface area contributed by atoms with Crippen molar-refractivity contribution in [2.45, 2.75) is 70.6 Å². The van der Waals surface area contributed by atoms with Crippen molar-refractivity contribution in [2.24, 2.45) is 0 Å². The van der Waals surface area contributed by atoms with Crippen LogP contribution in [-0.4, -0.2) is 29.0 Å². The van der Waals surface area contributed by atoms with Crippen LogP contribution in [0.1, 0.15) is 64.1 Å². The van der Waals surface area contributed by atoms with Gasteiger partial charge in [0, 0.05) is 13.7 Å². The standard InChI is InChI=1S/C16H28BrN3O/c1-4-11-18-15(14-13(17)12-19-20(14)5-2)16(21-3)9-7-6-8-10-16/h12,15,18H,4-11H2,1-3H3. The molecule has 0 aromatic carbocycles. The second-order valence-corrected chi connectivity index (χ2v) is 6.76. The average Bonchev–Trinajstić information content (AvgIpc) is 2.89. The monoisotopic (exact) mass is 357 g/mol. The lowest BCUT2D eigenvalue weighted by Crippen LogP contribution is -2.48. The first-order chi connectivity index (χ1) is 10.2. The highest BCUT2D eigenvalue weighted by molar-refractivity contribution is 9.10. The van der Waals surface area contributed by atoms with Crippen molar-refractivity contribution in [1.82, 2.24) is 15.1 Å². The molecule has 4 nitrogen and oxygen atoms in total. The fourth-order valence-corrected chi connectivity index (χ4v) is 4.02. The van der Waals surface area contributed by atoms with Crippen LogP contribution in [0.5, 0.6) is 0 Å². The highest BCUT2D eigenvalue weighted by Crippen LogP contribution is 2.42. The van der Waals surface area contributed by atoms with Crippen molar-refractivity contribution in [2.75, 3.05) is 13.7 Å². The quantitative estimate of drug-likeness (QED) is 0.799. The average molecular weight is 358 g/mol. The minimum atomic E-state index is -0.108. The van der Waals surface area contributed by atoms with Crippen LogP contribution >= 0.6 is 15.9 Å². The normalized spacial score (nSPS) is 19.6. The van der Waals surface area contributed by atoms with Crippen LogP contribution in [0, 0.1) is 0 Å². The Morgan fingerprint density at radius 1 is 1.38 bits per heavy atom. The van der Waals surface area contributed by atoms with Gasteiger partial charge in [-0.15, -0.1) is 0 Å². The Kier molecular flexibility index (Phi) is 6.26. The molecule has 1 N–H and O–H groups in total. The number of hydrogen-bond acceptors (Lipinski definition) is 3. The Morgan fingerprint density at radius 2 is 2.10 bits per heavy atom. The first-order valence-corrected chi connectivity index (χ1v) is 8.97. The van der Waals surface area contributed by atoms with E-state index in [9.17, 15) is 0 Å². The molecule has 1 heterocycles. The van der Waals surface area contributed by atoms with E-state index < -0.39 is 0 Å². The first kappa shape index (κ1) is 17.0. The topological polar surface area (TPSA) is 39.1 Å². The van der Waals surface area contributed by atoms with Gasteiger partial charge in [-0.3, -0.25) is 4.68 Å². The van der Waals surface area contributed by atoms with Gasteiger partial charge >= 0.3 is 0 Å². The van der Waals surface area contributed by atoms with E-state index in [2.05, 4.69) is 44.9 Å². The number of ether oxygens (including phenoxy) is 1. The number of methoxy groups -OCH3 is 1. The minimum absolute atomic E-state index is 0.108. The van der Waals surface area contributed by atoms with E-state index in [1.165, 1.54) is 25.0 Å². The number of halogens is 1. The fraction of sp³-hybridized carbons (Fsp3) is 0.812. The Hall–Kier alpha value is -0.390. The van der Waals surface area contributed by atoms with Crippen molar-refractivity contribution >= 4 is 15.9 Å². The molecule has 1 fully saturated rings. The number of aryl methyl sites for hydroxylation is 1. The zero-order valence-corrected chi connectivity index (χ0v) is 15.1. The third-order valence-corrected chi connectivity index (χ3v) is 5.25. The summed E-state index contributed by atoms with van der Waals surface area (Å²) in [5.41, 5.74) is 1.12. The van der Waals surface area contributed by atoms with Crippen LogP contribution in [0.3, 0.4) is 0 Å². The lowest BCUT2D eigenvalue weighted by Gasteiger charge is -2.43. The molecule has 1 unspecified atom stereocenters. The van der Waals surface area contributed by atoms with Gasteiger partial charge in [0.2, 0.25) is 0 Å². The van der Waals surface area contributed by atoms with Crippen LogP contribution in [0.4, 0.5) is 0 Å². The second-order valence-electron chi connectivity index (χ2n) is 5.91. The van der Waals surface area contributed by atoms with Gasteiger partial charge in [0.1, 0.15) is 0 Å². The van der Waals surface area contributed by atoms with Gasteiger partial charge in [0.05, 0.1) is 28.0 Å². The summed E-state index contributed by atoms with van der Waals surface area (Å²) in [7, 11) is 1.87. The Bertz CT molecular complexity index is 441. The number of hydrogen-bond donors (Lipinski definition) is 1. The maximum absolute atomic E-state index is 6.09. The molecular weight excluding hydrogens is 330 g/mol. The number of nitrogens with one attached hydrogen (secondary N) is 1. The molecule has 0 saturated heterocycles. The van der Waals surface area contributed by atoms with E-state index in [1.807, 2.05) is 13.3 Å². The molecule has 1 saturated carbocycles. The van der Waals surface area contributed by atoms with Crippen LogP contribution in [0.25, 0.3) is 0 Å². The summed E-state index contributed by atoms with van der Waals surface area (Å²) in [6.45, 7) is 6.22. The lowest BCUT2D eigenvalue weighted by atomic mass is 9.77. The van der Waals surface area contributed by atoms with E-state index in [1.54, 1.807) is 0 Å².